The molecule has 0 bridgehead atoms. The molecule has 2 N–H and O–H groups in total. The number of methoxy groups -OCH3 is 1. The standard InChI is InChI=1S/C20H14N4O2S2/c1-26-13-8-4-2-6-11(13)18-21-20(24-23-18)22-19(25)16-10-15-17(28-16)12-7-3-5-9-14(12)27-15/h2-10H,1H3,(H2,21,22,23,24,25). The quantitative estimate of drug-likeness (QED) is 0.432. The van der Waals surface area contributed by atoms with Crippen LogP contribution in [0.25, 0.3) is 30.9 Å². The zero-order chi connectivity index (χ0) is 19.1. The van der Waals surface area contributed by atoms with E-state index in [1.807, 2.05) is 42.5 Å². The second-order valence-electron chi connectivity index (χ2n) is 6.06. The van der Waals surface area contributed by atoms with E-state index in [-0.39, 0.29) is 11.9 Å². The number of carbonyl (C=O) groups is 1. The van der Waals surface area contributed by atoms with Crippen molar-refractivity contribution in [2.45, 2.75) is 0 Å². The molecule has 0 saturated carbocycles. The van der Waals surface area contributed by atoms with Crippen molar-refractivity contribution in [1.29, 1.82) is 0 Å². The van der Waals surface area contributed by atoms with Crippen LogP contribution in [0.4, 0.5) is 5.95 Å². The Labute approximate surface area is 167 Å². The van der Waals surface area contributed by atoms with Gasteiger partial charge in [-0.3, -0.25) is 15.2 Å². The van der Waals surface area contributed by atoms with Crippen LogP contribution in [0, 0.1) is 0 Å². The maximum atomic E-state index is 12.7. The highest BCUT2D eigenvalue weighted by Crippen LogP contribution is 2.39. The van der Waals surface area contributed by atoms with Gasteiger partial charge in [-0.15, -0.1) is 27.8 Å². The number of nitrogens with zero attached hydrogens (tertiary/aromatic N) is 2. The Bertz CT molecular complexity index is 1320. The van der Waals surface area contributed by atoms with Gasteiger partial charge in [0.25, 0.3) is 5.91 Å². The first-order valence-electron chi connectivity index (χ1n) is 8.51. The number of H-pyrrole nitrogens is 1. The largest absolute Gasteiger partial charge is 0.496 e. The summed E-state index contributed by atoms with van der Waals surface area (Å²) < 4.78 is 8.82. The van der Waals surface area contributed by atoms with Crippen LogP contribution in [0.3, 0.4) is 0 Å². The van der Waals surface area contributed by atoms with Gasteiger partial charge in [0.1, 0.15) is 5.75 Å². The zero-order valence-electron chi connectivity index (χ0n) is 14.7. The van der Waals surface area contributed by atoms with Crippen molar-refractivity contribution in [3.05, 3.63) is 59.5 Å². The molecule has 2 aromatic carbocycles. The molecule has 0 spiro atoms. The van der Waals surface area contributed by atoms with Crippen LogP contribution >= 0.6 is 22.7 Å². The lowest BCUT2D eigenvalue weighted by atomic mass is 10.2. The molecule has 0 atom stereocenters. The van der Waals surface area contributed by atoms with Crippen molar-refractivity contribution in [1.82, 2.24) is 15.2 Å². The monoisotopic (exact) mass is 406 g/mol. The van der Waals surface area contributed by atoms with Crippen LogP contribution in [0.5, 0.6) is 5.75 Å². The van der Waals surface area contributed by atoms with E-state index in [1.165, 1.54) is 21.4 Å². The van der Waals surface area contributed by atoms with E-state index in [0.717, 1.165) is 15.0 Å². The summed E-state index contributed by atoms with van der Waals surface area (Å²) in [6.07, 6.45) is 0. The second kappa shape index (κ2) is 6.74. The van der Waals surface area contributed by atoms with Crippen molar-refractivity contribution >= 4 is 54.0 Å². The lowest BCUT2D eigenvalue weighted by Crippen LogP contribution is -2.11. The molecule has 1 amide bonds. The summed E-state index contributed by atoms with van der Waals surface area (Å²) >= 11 is 3.17. The molecule has 28 heavy (non-hydrogen) atoms. The molecule has 0 unspecified atom stereocenters. The SMILES string of the molecule is COc1ccccc1-c1nc(NC(=O)c2cc3sc4ccccc4c3s2)n[nH]1. The number of rotatable bonds is 4. The lowest BCUT2D eigenvalue weighted by Gasteiger charge is -2.04. The number of ether oxygens (including phenoxy) is 1. The number of carbonyl (C=O) groups excluding carboxylic acids is 1. The molecule has 5 aromatic rings. The predicted molar refractivity (Wildman–Crippen MR) is 114 cm³/mol. The van der Waals surface area contributed by atoms with Gasteiger partial charge in [0.2, 0.25) is 5.95 Å². The average molecular weight is 406 g/mol. The first kappa shape index (κ1) is 16.9. The summed E-state index contributed by atoms with van der Waals surface area (Å²) in [6.45, 7) is 0. The predicted octanol–water partition coefficient (Wildman–Crippen LogP) is 5.16. The number of hydrogen-bond donors (Lipinski definition) is 2. The minimum atomic E-state index is -0.219. The third-order valence-corrected chi connectivity index (χ3v) is 6.76. The Morgan fingerprint density at radius 2 is 1.89 bits per heavy atom. The number of amides is 1. The molecule has 0 fully saturated rings. The Balaban J connectivity index is 1.41. The molecular weight excluding hydrogens is 392 g/mol. The summed E-state index contributed by atoms with van der Waals surface area (Å²) in [6, 6.07) is 17.6. The zero-order valence-corrected chi connectivity index (χ0v) is 16.4. The van der Waals surface area contributed by atoms with Gasteiger partial charge in [0.15, 0.2) is 5.82 Å². The van der Waals surface area contributed by atoms with Crippen molar-refractivity contribution in [2.75, 3.05) is 12.4 Å². The minimum absolute atomic E-state index is 0.219. The highest BCUT2D eigenvalue weighted by Gasteiger charge is 2.17. The Morgan fingerprint density at radius 3 is 2.79 bits per heavy atom. The normalized spacial score (nSPS) is 11.2. The van der Waals surface area contributed by atoms with E-state index in [0.29, 0.717) is 16.5 Å². The maximum absolute atomic E-state index is 12.7. The summed E-state index contributed by atoms with van der Waals surface area (Å²) in [5.41, 5.74) is 0.779. The molecule has 0 aliphatic carbocycles. The van der Waals surface area contributed by atoms with Gasteiger partial charge in [0, 0.05) is 14.8 Å². The summed E-state index contributed by atoms with van der Waals surface area (Å²) in [7, 11) is 1.60. The van der Waals surface area contributed by atoms with Gasteiger partial charge in [-0.05, 0) is 24.3 Å². The smallest absolute Gasteiger partial charge is 0.268 e. The Morgan fingerprint density at radius 1 is 1.07 bits per heavy atom. The van der Waals surface area contributed by atoms with Crippen molar-refractivity contribution in [3.63, 3.8) is 0 Å². The molecule has 0 radical (unpaired) electrons. The molecule has 3 aromatic heterocycles. The molecule has 5 rings (SSSR count). The molecule has 6 nitrogen and oxygen atoms in total. The summed E-state index contributed by atoms with van der Waals surface area (Å²) in [4.78, 5) is 17.7. The van der Waals surface area contributed by atoms with Crippen molar-refractivity contribution < 1.29 is 9.53 Å². The second-order valence-corrected chi connectivity index (χ2v) is 8.20. The number of benzene rings is 2. The fourth-order valence-electron chi connectivity index (χ4n) is 3.05. The van der Waals surface area contributed by atoms with E-state index in [1.54, 1.807) is 18.4 Å². The topological polar surface area (TPSA) is 79.9 Å². The summed E-state index contributed by atoms with van der Waals surface area (Å²) in [5, 5.41) is 10.9. The highest BCUT2D eigenvalue weighted by atomic mass is 32.1. The van der Waals surface area contributed by atoms with Crippen molar-refractivity contribution in [3.8, 4) is 17.1 Å². The Kier molecular flexibility index (Phi) is 4.07. The van der Waals surface area contributed by atoms with Crippen LogP contribution in [-0.4, -0.2) is 28.2 Å². The maximum Gasteiger partial charge on any atom is 0.268 e. The van der Waals surface area contributed by atoms with E-state index in [2.05, 4.69) is 32.6 Å². The van der Waals surface area contributed by atoms with Crippen LogP contribution in [0.2, 0.25) is 0 Å². The highest BCUT2D eigenvalue weighted by molar-refractivity contribution is 7.33. The number of thiophene rings is 2. The number of nitrogens with one attached hydrogen (secondary N) is 2. The minimum Gasteiger partial charge on any atom is -0.496 e. The van der Waals surface area contributed by atoms with Crippen LogP contribution in [0.15, 0.2) is 54.6 Å². The number of anilines is 1. The van der Waals surface area contributed by atoms with Gasteiger partial charge in [-0.25, -0.2) is 0 Å². The molecule has 0 aliphatic rings. The number of aromatic amines is 1. The first-order chi connectivity index (χ1) is 13.7. The number of fused-ring (bicyclic) bond motifs is 3. The molecule has 0 aliphatic heterocycles. The summed E-state index contributed by atoms with van der Waals surface area (Å²) in [5.74, 6) is 1.23. The fraction of sp³-hybridized carbons (Fsp3) is 0.0500. The fourth-order valence-corrected chi connectivity index (χ4v) is 5.47. The molecule has 0 saturated heterocycles. The van der Waals surface area contributed by atoms with Gasteiger partial charge in [-0.1, -0.05) is 30.3 Å². The number of aromatic nitrogens is 3. The number of para-hydroxylation sites is 1. The van der Waals surface area contributed by atoms with Gasteiger partial charge < -0.3 is 4.74 Å². The van der Waals surface area contributed by atoms with Crippen molar-refractivity contribution in [2.24, 2.45) is 0 Å². The first-order valence-corrected chi connectivity index (χ1v) is 10.1. The van der Waals surface area contributed by atoms with E-state index < -0.39 is 0 Å². The Hall–Kier alpha value is -3.23. The third kappa shape index (κ3) is 2.83. The van der Waals surface area contributed by atoms with Gasteiger partial charge in [-0.2, -0.15) is 4.98 Å². The van der Waals surface area contributed by atoms with Crippen LogP contribution in [-0.2, 0) is 0 Å². The van der Waals surface area contributed by atoms with E-state index in [4.69, 9.17) is 4.74 Å². The number of hydrogen-bond acceptors (Lipinski definition) is 6. The average Bonchev–Trinajstić information content (AvgIpc) is 3.42. The van der Waals surface area contributed by atoms with E-state index in [9.17, 15) is 4.79 Å². The van der Waals surface area contributed by atoms with Gasteiger partial charge in [0.05, 0.1) is 22.3 Å². The third-order valence-electron chi connectivity index (χ3n) is 4.35. The molecular formula is C20H14N4O2S2. The van der Waals surface area contributed by atoms with E-state index >= 15 is 0 Å². The molecule has 138 valence electrons. The lowest BCUT2D eigenvalue weighted by molar-refractivity contribution is 0.103. The van der Waals surface area contributed by atoms with Crippen LogP contribution < -0.4 is 10.1 Å². The molecule has 3 heterocycles. The van der Waals surface area contributed by atoms with Gasteiger partial charge >= 0.3 is 0 Å². The van der Waals surface area contributed by atoms with Crippen LogP contribution in [0.1, 0.15) is 9.67 Å². The molecule has 8 heteroatoms.